The molecule has 0 aliphatic heterocycles. The summed E-state index contributed by atoms with van der Waals surface area (Å²) in [5.74, 6) is -0.373. The maximum Gasteiger partial charge on any atom is 0.264 e. The van der Waals surface area contributed by atoms with Gasteiger partial charge in [0.2, 0.25) is 5.91 Å². The second-order valence-electron chi connectivity index (χ2n) is 8.08. The number of sulfonamides is 1. The Morgan fingerprint density at radius 3 is 2.26 bits per heavy atom. The van der Waals surface area contributed by atoms with E-state index in [2.05, 4.69) is 5.32 Å². The number of aryl methyl sites for hydroxylation is 3. The van der Waals surface area contributed by atoms with Gasteiger partial charge in [0.1, 0.15) is 18.1 Å². The van der Waals surface area contributed by atoms with Crippen molar-refractivity contribution in [1.29, 1.82) is 0 Å². The molecule has 0 aliphatic carbocycles. The van der Waals surface area contributed by atoms with E-state index < -0.39 is 22.5 Å². The molecule has 0 aromatic heterocycles. The molecule has 0 heterocycles. The molecular weight excluding hydrogens is 455 g/mol. The van der Waals surface area contributed by atoms with Crippen molar-refractivity contribution in [2.24, 2.45) is 0 Å². The molecule has 0 bridgehead atoms. The fourth-order valence-electron chi connectivity index (χ4n) is 3.49. The highest BCUT2D eigenvalue weighted by molar-refractivity contribution is 7.92. The molecule has 1 N–H and O–H groups in total. The Morgan fingerprint density at radius 1 is 0.971 bits per heavy atom. The maximum absolute atomic E-state index is 13.6. The lowest BCUT2D eigenvalue weighted by atomic mass is 10.1. The molecule has 0 saturated carbocycles. The van der Waals surface area contributed by atoms with E-state index >= 15 is 0 Å². The van der Waals surface area contributed by atoms with Crippen LogP contribution in [0.3, 0.4) is 0 Å². The van der Waals surface area contributed by atoms with Crippen molar-refractivity contribution in [2.75, 3.05) is 24.5 Å². The average Bonchev–Trinajstić information content (AvgIpc) is 2.81. The summed E-state index contributed by atoms with van der Waals surface area (Å²) in [7, 11) is -2.58. The SMILES string of the molecule is COc1ccc(C)cc1N(CC(=O)NCCCc1ccc(F)cc1)S(=O)(=O)c1ccc(C)cc1. The number of nitrogens with zero attached hydrogens (tertiary/aromatic N) is 1. The third kappa shape index (κ3) is 6.35. The largest absolute Gasteiger partial charge is 0.495 e. The number of hydrogen-bond acceptors (Lipinski definition) is 4. The van der Waals surface area contributed by atoms with Gasteiger partial charge in [0.05, 0.1) is 17.7 Å². The molecule has 0 radical (unpaired) electrons. The standard InChI is InChI=1S/C26H29FN2O4S/c1-19-6-13-23(14-7-19)34(31,32)29(24-17-20(2)8-15-25(24)33-3)18-26(30)28-16-4-5-21-9-11-22(27)12-10-21/h6-15,17H,4-5,16,18H2,1-3H3,(H,28,30). The number of nitrogens with one attached hydrogen (secondary N) is 1. The number of hydrogen-bond donors (Lipinski definition) is 1. The highest BCUT2D eigenvalue weighted by atomic mass is 32.2. The van der Waals surface area contributed by atoms with Gasteiger partial charge >= 0.3 is 0 Å². The molecule has 0 atom stereocenters. The summed E-state index contributed by atoms with van der Waals surface area (Å²) < 4.78 is 46.6. The Bertz CT molecular complexity index is 1230. The van der Waals surface area contributed by atoms with Crippen molar-refractivity contribution in [3.05, 3.63) is 89.2 Å². The number of ether oxygens (including phenoxy) is 1. The Labute approximate surface area is 200 Å². The Balaban J connectivity index is 1.78. The number of amides is 1. The predicted octanol–water partition coefficient (Wildman–Crippen LogP) is 4.40. The number of carbonyl (C=O) groups excluding carboxylic acids is 1. The lowest BCUT2D eigenvalue weighted by Gasteiger charge is -2.26. The Hall–Kier alpha value is -3.39. The van der Waals surface area contributed by atoms with Gasteiger partial charge in [-0.1, -0.05) is 35.9 Å². The van der Waals surface area contributed by atoms with Gasteiger partial charge in [-0.2, -0.15) is 0 Å². The van der Waals surface area contributed by atoms with Gasteiger partial charge in [-0.05, 0) is 74.2 Å². The first-order chi connectivity index (χ1) is 16.2. The van der Waals surface area contributed by atoms with E-state index in [4.69, 9.17) is 4.74 Å². The third-order valence-corrected chi connectivity index (χ3v) is 7.15. The monoisotopic (exact) mass is 484 g/mol. The zero-order valence-corrected chi connectivity index (χ0v) is 20.4. The molecule has 180 valence electrons. The van der Waals surface area contributed by atoms with E-state index in [1.165, 1.54) is 31.4 Å². The first-order valence-corrected chi connectivity index (χ1v) is 12.4. The molecular formula is C26H29FN2O4S. The highest BCUT2D eigenvalue weighted by Crippen LogP contribution is 2.33. The van der Waals surface area contributed by atoms with Gasteiger partial charge in [-0.25, -0.2) is 12.8 Å². The van der Waals surface area contributed by atoms with Crippen LogP contribution >= 0.6 is 0 Å². The van der Waals surface area contributed by atoms with E-state index in [1.54, 1.807) is 36.4 Å². The second kappa shape index (κ2) is 11.2. The molecule has 3 aromatic carbocycles. The fourth-order valence-corrected chi connectivity index (χ4v) is 4.91. The quantitative estimate of drug-likeness (QED) is 0.433. The molecule has 0 aliphatic rings. The van der Waals surface area contributed by atoms with Crippen molar-refractivity contribution in [3.8, 4) is 5.75 Å². The van der Waals surface area contributed by atoms with Crippen LogP contribution in [0.5, 0.6) is 5.75 Å². The van der Waals surface area contributed by atoms with Gasteiger partial charge in [-0.15, -0.1) is 0 Å². The van der Waals surface area contributed by atoms with Crippen molar-refractivity contribution in [1.82, 2.24) is 5.32 Å². The van der Waals surface area contributed by atoms with Crippen LogP contribution in [-0.2, 0) is 21.2 Å². The summed E-state index contributed by atoms with van der Waals surface area (Å²) in [4.78, 5) is 12.9. The summed E-state index contributed by atoms with van der Waals surface area (Å²) in [6, 6.07) is 17.9. The number of methoxy groups -OCH3 is 1. The molecule has 0 saturated heterocycles. The van der Waals surface area contributed by atoms with E-state index in [0.29, 0.717) is 30.8 Å². The van der Waals surface area contributed by atoms with Gasteiger partial charge in [-0.3, -0.25) is 9.10 Å². The zero-order valence-electron chi connectivity index (χ0n) is 19.5. The third-order valence-electron chi connectivity index (χ3n) is 5.38. The van der Waals surface area contributed by atoms with Gasteiger partial charge in [0.25, 0.3) is 10.0 Å². The smallest absolute Gasteiger partial charge is 0.264 e. The summed E-state index contributed by atoms with van der Waals surface area (Å²) in [5.41, 5.74) is 3.02. The normalized spacial score (nSPS) is 11.2. The molecule has 34 heavy (non-hydrogen) atoms. The number of rotatable bonds is 10. The predicted molar refractivity (Wildman–Crippen MR) is 131 cm³/mol. The minimum absolute atomic E-state index is 0.0887. The summed E-state index contributed by atoms with van der Waals surface area (Å²) in [5, 5.41) is 2.79. The summed E-state index contributed by atoms with van der Waals surface area (Å²) in [6.45, 7) is 3.68. The van der Waals surface area contributed by atoms with Crippen LogP contribution in [0.2, 0.25) is 0 Å². The minimum atomic E-state index is -4.04. The first kappa shape index (κ1) is 25.2. The van der Waals surface area contributed by atoms with E-state index in [0.717, 1.165) is 21.0 Å². The molecule has 0 unspecified atom stereocenters. The molecule has 3 aromatic rings. The van der Waals surface area contributed by atoms with Crippen LogP contribution in [-0.4, -0.2) is 34.5 Å². The van der Waals surface area contributed by atoms with Crippen LogP contribution in [0, 0.1) is 19.7 Å². The van der Waals surface area contributed by atoms with Crippen molar-refractivity contribution in [2.45, 2.75) is 31.6 Å². The Morgan fingerprint density at radius 2 is 1.62 bits per heavy atom. The van der Waals surface area contributed by atoms with E-state index in [-0.39, 0.29) is 10.7 Å². The van der Waals surface area contributed by atoms with Crippen molar-refractivity contribution in [3.63, 3.8) is 0 Å². The number of halogens is 1. The molecule has 0 fully saturated rings. The van der Waals surface area contributed by atoms with Crippen molar-refractivity contribution >= 4 is 21.6 Å². The number of anilines is 1. The highest BCUT2D eigenvalue weighted by Gasteiger charge is 2.29. The first-order valence-electron chi connectivity index (χ1n) is 11.0. The zero-order chi connectivity index (χ0) is 24.7. The van der Waals surface area contributed by atoms with Crippen LogP contribution in [0.25, 0.3) is 0 Å². The molecule has 0 spiro atoms. The van der Waals surface area contributed by atoms with E-state index in [1.807, 2.05) is 19.9 Å². The van der Waals surface area contributed by atoms with Gasteiger partial charge in [0, 0.05) is 6.54 Å². The van der Waals surface area contributed by atoms with Crippen LogP contribution in [0.1, 0.15) is 23.1 Å². The van der Waals surface area contributed by atoms with Gasteiger partial charge < -0.3 is 10.1 Å². The summed E-state index contributed by atoms with van der Waals surface area (Å²) >= 11 is 0. The molecule has 6 nitrogen and oxygen atoms in total. The van der Waals surface area contributed by atoms with Crippen molar-refractivity contribution < 1.29 is 22.3 Å². The molecule has 8 heteroatoms. The van der Waals surface area contributed by atoms with Gasteiger partial charge in [0.15, 0.2) is 0 Å². The summed E-state index contributed by atoms with van der Waals surface area (Å²) in [6.07, 6.45) is 1.30. The van der Waals surface area contributed by atoms with Crippen LogP contribution in [0.4, 0.5) is 10.1 Å². The molecule has 3 rings (SSSR count). The minimum Gasteiger partial charge on any atom is -0.495 e. The topological polar surface area (TPSA) is 75.7 Å². The average molecular weight is 485 g/mol. The second-order valence-corrected chi connectivity index (χ2v) is 9.94. The maximum atomic E-state index is 13.6. The lowest BCUT2D eigenvalue weighted by molar-refractivity contribution is -0.119. The number of carbonyl (C=O) groups is 1. The van der Waals surface area contributed by atoms with Crippen LogP contribution in [0.15, 0.2) is 71.6 Å². The fraction of sp³-hybridized carbons (Fsp3) is 0.269. The number of benzene rings is 3. The lowest BCUT2D eigenvalue weighted by Crippen LogP contribution is -2.41. The van der Waals surface area contributed by atoms with E-state index in [9.17, 15) is 17.6 Å². The Kier molecular flexibility index (Phi) is 8.28. The molecule has 1 amide bonds. The van der Waals surface area contributed by atoms with Crippen LogP contribution < -0.4 is 14.4 Å².